The van der Waals surface area contributed by atoms with Gasteiger partial charge in [0.15, 0.2) is 5.16 Å². The highest BCUT2D eigenvalue weighted by Crippen LogP contribution is 2.28. The van der Waals surface area contributed by atoms with Gasteiger partial charge in [-0.1, -0.05) is 36.0 Å². The van der Waals surface area contributed by atoms with Crippen LogP contribution in [-0.4, -0.2) is 57.2 Å². The number of aromatic nitrogens is 2. The molecule has 3 aromatic rings. The predicted molar refractivity (Wildman–Crippen MR) is 129 cm³/mol. The highest BCUT2D eigenvalue weighted by atomic mass is 32.2. The molecule has 4 rings (SSSR count). The molecule has 2 heterocycles. The van der Waals surface area contributed by atoms with Crippen LogP contribution < -0.4 is 10.5 Å². The maximum Gasteiger partial charge on any atom is 0.292 e. The smallest absolute Gasteiger partial charge is 0.292 e. The van der Waals surface area contributed by atoms with Crippen molar-refractivity contribution in [1.82, 2.24) is 14.5 Å². The average Bonchev–Trinajstić information content (AvgIpc) is 2.82. The van der Waals surface area contributed by atoms with Crippen LogP contribution in [0.5, 0.6) is 0 Å². The highest BCUT2D eigenvalue weighted by molar-refractivity contribution is 7.99. The molecular formula is C23H25N5O4S. The molecule has 1 fully saturated rings. The number of hydrogen-bond donors (Lipinski definition) is 0. The van der Waals surface area contributed by atoms with Crippen molar-refractivity contribution >= 4 is 39.9 Å². The number of para-hydroxylation sites is 3. The van der Waals surface area contributed by atoms with Gasteiger partial charge >= 0.3 is 0 Å². The molecule has 1 amide bonds. The largest absolute Gasteiger partial charge is 0.362 e. The molecule has 0 N–H and O–H groups in total. The molecule has 1 aliphatic heterocycles. The number of carbonyl (C=O) groups is 1. The molecule has 10 heteroatoms. The van der Waals surface area contributed by atoms with E-state index >= 15 is 0 Å². The molecule has 0 spiro atoms. The van der Waals surface area contributed by atoms with Crippen LogP contribution in [0.4, 0.5) is 11.4 Å². The summed E-state index contributed by atoms with van der Waals surface area (Å²) in [6.45, 7) is 5.84. The summed E-state index contributed by atoms with van der Waals surface area (Å²) >= 11 is 1.27. The van der Waals surface area contributed by atoms with E-state index in [4.69, 9.17) is 0 Å². The van der Waals surface area contributed by atoms with Gasteiger partial charge in [0.05, 0.1) is 21.6 Å². The van der Waals surface area contributed by atoms with E-state index < -0.39 is 0 Å². The van der Waals surface area contributed by atoms with Gasteiger partial charge in [0.2, 0.25) is 5.91 Å². The molecule has 1 aromatic heterocycles. The number of hydrogen-bond acceptors (Lipinski definition) is 7. The number of nitro benzene ring substituents is 1. The molecule has 172 valence electrons. The number of piperazine rings is 1. The van der Waals surface area contributed by atoms with E-state index in [0.29, 0.717) is 47.9 Å². The number of thioether (sulfide) groups is 1. The summed E-state index contributed by atoms with van der Waals surface area (Å²) in [6, 6.07) is 13.8. The Hall–Kier alpha value is -3.40. The molecular weight excluding hydrogens is 442 g/mol. The lowest BCUT2D eigenvalue weighted by Crippen LogP contribution is -2.49. The number of amides is 1. The van der Waals surface area contributed by atoms with Crippen LogP contribution in [0.25, 0.3) is 10.9 Å². The van der Waals surface area contributed by atoms with E-state index in [1.165, 1.54) is 17.8 Å². The number of nitrogens with zero attached hydrogens (tertiary/aromatic N) is 5. The standard InChI is InChI=1S/C23H25N5O4S/c1-16(2)27-22(30)17-7-3-4-8-18(17)24-23(27)33-15-21(29)26-13-11-25(12-14-26)19-9-5-6-10-20(19)28(31)32/h3-10,16H,11-15H2,1-2H3. The Kier molecular flexibility index (Phi) is 6.64. The lowest BCUT2D eigenvalue weighted by atomic mass is 10.2. The maximum absolute atomic E-state index is 12.9. The van der Waals surface area contributed by atoms with Gasteiger partial charge in [0, 0.05) is 38.3 Å². The first-order chi connectivity index (χ1) is 15.9. The summed E-state index contributed by atoms with van der Waals surface area (Å²) in [6.07, 6.45) is 0. The van der Waals surface area contributed by atoms with Crippen LogP contribution in [0.15, 0.2) is 58.5 Å². The first-order valence-corrected chi connectivity index (χ1v) is 11.8. The van der Waals surface area contributed by atoms with Gasteiger partial charge in [-0.05, 0) is 32.0 Å². The summed E-state index contributed by atoms with van der Waals surface area (Å²) < 4.78 is 1.63. The summed E-state index contributed by atoms with van der Waals surface area (Å²) in [4.78, 5) is 45.1. The normalized spacial score (nSPS) is 14.2. The van der Waals surface area contributed by atoms with Gasteiger partial charge in [-0.25, -0.2) is 4.98 Å². The van der Waals surface area contributed by atoms with Crippen LogP contribution in [-0.2, 0) is 4.79 Å². The van der Waals surface area contributed by atoms with E-state index in [-0.39, 0.29) is 33.9 Å². The summed E-state index contributed by atoms with van der Waals surface area (Å²) in [5.41, 5.74) is 1.16. The van der Waals surface area contributed by atoms with Crippen LogP contribution in [0, 0.1) is 10.1 Å². The van der Waals surface area contributed by atoms with Crippen LogP contribution >= 0.6 is 11.8 Å². The van der Waals surface area contributed by atoms with Gasteiger partial charge < -0.3 is 9.80 Å². The highest BCUT2D eigenvalue weighted by Gasteiger charge is 2.26. The van der Waals surface area contributed by atoms with E-state index in [9.17, 15) is 19.7 Å². The van der Waals surface area contributed by atoms with Crippen molar-refractivity contribution in [3.63, 3.8) is 0 Å². The zero-order valence-electron chi connectivity index (χ0n) is 18.5. The van der Waals surface area contributed by atoms with Crippen LogP contribution in [0.2, 0.25) is 0 Å². The van der Waals surface area contributed by atoms with Crippen LogP contribution in [0.1, 0.15) is 19.9 Å². The summed E-state index contributed by atoms with van der Waals surface area (Å²) in [7, 11) is 0. The Morgan fingerprint density at radius 2 is 1.76 bits per heavy atom. The Balaban J connectivity index is 1.44. The third-order valence-electron chi connectivity index (χ3n) is 5.67. The monoisotopic (exact) mass is 467 g/mol. The topological polar surface area (TPSA) is 102 Å². The van der Waals surface area contributed by atoms with Gasteiger partial charge in [-0.3, -0.25) is 24.3 Å². The van der Waals surface area contributed by atoms with Gasteiger partial charge in [0.1, 0.15) is 5.69 Å². The van der Waals surface area contributed by atoms with E-state index in [2.05, 4.69) is 4.98 Å². The first-order valence-electron chi connectivity index (χ1n) is 10.8. The molecule has 1 aliphatic rings. The third kappa shape index (κ3) is 4.70. The Morgan fingerprint density at radius 1 is 1.09 bits per heavy atom. The lowest BCUT2D eigenvalue weighted by Gasteiger charge is -2.35. The second kappa shape index (κ2) is 9.62. The lowest BCUT2D eigenvalue weighted by molar-refractivity contribution is -0.384. The molecule has 0 radical (unpaired) electrons. The van der Waals surface area contributed by atoms with Crippen LogP contribution in [0.3, 0.4) is 0 Å². The Morgan fingerprint density at radius 3 is 2.45 bits per heavy atom. The molecule has 33 heavy (non-hydrogen) atoms. The SMILES string of the molecule is CC(C)n1c(SCC(=O)N2CCN(c3ccccc3[N+](=O)[O-])CC2)nc2ccccc2c1=O. The number of rotatable bonds is 6. The summed E-state index contributed by atoms with van der Waals surface area (Å²) in [5, 5.41) is 12.4. The fraction of sp³-hybridized carbons (Fsp3) is 0.348. The minimum absolute atomic E-state index is 0.0417. The van der Waals surface area contributed by atoms with Gasteiger partial charge in [-0.2, -0.15) is 0 Å². The molecule has 0 unspecified atom stereocenters. The van der Waals surface area contributed by atoms with Crippen molar-refractivity contribution in [2.24, 2.45) is 0 Å². The van der Waals surface area contributed by atoms with Gasteiger partial charge in [-0.15, -0.1) is 0 Å². The van der Waals surface area contributed by atoms with Crippen molar-refractivity contribution < 1.29 is 9.72 Å². The second-order valence-corrected chi connectivity index (χ2v) is 9.03. The molecule has 0 bridgehead atoms. The molecule has 0 saturated carbocycles. The van der Waals surface area contributed by atoms with Crippen molar-refractivity contribution in [2.45, 2.75) is 25.0 Å². The fourth-order valence-corrected chi connectivity index (χ4v) is 5.01. The van der Waals surface area contributed by atoms with E-state index in [1.54, 1.807) is 39.8 Å². The number of fused-ring (bicyclic) bond motifs is 1. The number of anilines is 1. The third-order valence-corrected chi connectivity index (χ3v) is 6.61. The quantitative estimate of drug-likeness (QED) is 0.237. The second-order valence-electron chi connectivity index (χ2n) is 8.08. The molecule has 0 atom stereocenters. The van der Waals surface area contributed by atoms with Crippen molar-refractivity contribution in [1.29, 1.82) is 0 Å². The number of benzene rings is 2. The maximum atomic E-state index is 12.9. The molecule has 9 nitrogen and oxygen atoms in total. The number of nitro groups is 1. The van der Waals surface area contributed by atoms with E-state index in [0.717, 1.165) is 0 Å². The Labute approximate surface area is 195 Å². The Bertz CT molecular complexity index is 1250. The first kappa shape index (κ1) is 22.8. The van der Waals surface area contributed by atoms with Crippen molar-refractivity contribution in [3.05, 3.63) is 69.0 Å². The minimum atomic E-state index is -0.381. The van der Waals surface area contributed by atoms with Crippen molar-refractivity contribution in [3.8, 4) is 0 Å². The molecule has 0 aliphatic carbocycles. The average molecular weight is 468 g/mol. The number of carbonyl (C=O) groups excluding carboxylic acids is 1. The zero-order valence-corrected chi connectivity index (χ0v) is 19.3. The predicted octanol–water partition coefficient (Wildman–Crippen LogP) is 3.33. The molecule has 1 saturated heterocycles. The molecule has 2 aromatic carbocycles. The summed E-state index contributed by atoms with van der Waals surface area (Å²) in [5.74, 6) is 0.128. The fourth-order valence-electron chi connectivity index (χ4n) is 3.98. The zero-order chi connectivity index (χ0) is 23.5. The minimum Gasteiger partial charge on any atom is -0.362 e. The van der Waals surface area contributed by atoms with Crippen molar-refractivity contribution in [2.75, 3.05) is 36.8 Å². The van der Waals surface area contributed by atoms with E-state index in [1.807, 2.05) is 30.9 Å². The van der Waals surface area contributed by atoms with Gasteiger partial charge in [0.25, 0.3) is 11.2 Å².